The predicted octanol–water partition coefficient (Wildman–Crippen LogP) is 6.56. The van der Waals surface area contributed by atoms with Crippen molar-refractivity contribution in [1.82, 2.24) is 0 Å². The van der Waals surface area contributed by atoms with E-state index < -0.39 is 55.2 Å². The van der Waals surface area contributed by atoms with Gasteiger partial charge in [-0.3, -0.25) is 4.79 Å². The Kier molecular flexibility index (Phi) is 7.34. The van der Waals surface area contributed by atoms with Gasteiger partial charge < -0.3 is 10.2 Å². The maximum atomic E-state index is 13.9. The van der Waals surface area contributed by atoms with E-state index in [2.05, 4.69) is 5.32 Å². The van der Waals surface area contributed by atoms with Gasteiger partial charge in [-0.25, -0.2) is 13.4 Å². The van der Waals surface area contributed by atoms with Gasteiger partial charge in [-0.05, 0) is 43.2 Å². The van der Waals surface area contributed by atoms with Gasteiger partial charge in [0.25, 0.3) is 5.91 Å². The molecule has 0 saturated carbocycles. The van der Waals surface area contributed by atoms with Crippen molar-refractivity contribution in [3.05, 3.63) is 52.3 Å². The van der Waals surface area contributed by atoms with Crippen molar-refractivity contribution in [2.24, 2.45) is 5.92 Å². The van der Waals surface area contributed by atoms with Gasteiger partial charge in [0.1, 0.15) is 5.82 Å². The number of carbonyl (C=O) groups excluding carboxylic acids is 1. The summed E-state index contributed by atoms with van der Waals surface area (Å²) < 4.78 is 113. The standard InChI is InChI=1S/C21H19ClF7N3O2S/c1-35(30,34)18-8-12(2-3-16(18)23)31-19(33)13-9-15(22)14(21(27,28)29)10-17(13)32-6-4-11(5-7-32)20(24,25)26/h2-3,8-11,30H,4-7H2,1H3,(H,31,33)/t35-/m1/s1. The van der Waals surface area contributed by atoms with Gasteiger partial charge in [0.2, 0.25) is 0 Å². The van der Waals surface area contributed by atoms with Crippen LogP contribution in [-0.2, 0) is 15.9 Å². The van der Waals surface area contributed by atoms with Crippen LogP contribution >= 0.6 is 11.6 Å². The fourth-order valence-electron chi connectivity index (χ4n) is 3.75. The molecule has 1 aliphatic heterocycles. The lowest BCUT2D eigenvalue weighted by atomic mass is 9.95. The molecule has 0 bridgehead atoms. The van der Waals surface area contributed by atoms with Gasteiger partial charge in [0.15, 0.2) is 0 Å². The Morgan fingerprint density at radius 3 is 2.23 bits per heavy atom. The van der Waals surface area contributed by atoms with E-state index in [0.717, 1.165) is 30.5 Å². The molecule has 1 saturated heterocycles. The maximum Gasteiger partial charge on any atom is 0.417 e. The molecule has 5 nitrogen and oxygen atoms in total. The molecule has 0 aromatic heterocycles. The summed E-state index contributed by atoms with van der Waals surface area (Å²) >= 11 is 5.78. The fourth-order valence-corrected chi connectivity index (χ4v) is 4.81. The number of hydrogen-bond acceptors (Lipinski definition) is 4. The minimum absolute atomic E-state index is 0.0917. The number of anilines is 2. The largest absolute Gasteiger partial charge is 0.417 e. The summed E-state index contributed by atoms with van der Waals surface area (Å²) in [7, 11) is -3.50. The van der Waals surface area contributed by atoms with Crippen molar-refractivity contribution in [1.29, 1.82) is 4.78 Å². The third-order valence-electron chi connectivity index (χ3n) is 5.54. The molecule has 0 radical (unpaired) electrons. The monoisotopic (exact) mass is 545 g/mol. The van der Waals surface area contributed by atoms with Crippen LogP contribution in [0, 0.1) is 16.5 Å². The van der Waals surface area contributed by atoms with Gasteiger partial charge in [-0.15, -0.1) is 0 Å². The summed E-state index contributed by atoms with van der Waals surface area (Å²) in [4.78, 5) is 13.8. The summed E-state index contributed by atoms with van der Waals surface area (Å²) in [5.74, 6) is -3.54. The van der Waals surface area contributed by atoms with Crippen LogP contribution in [0.3, 0.4) is 0 Å². The molecule has 3 rings (SSSR count). The Morgan fingerprint density at radius 2 is 1.71 bits per heavy atom. The van der Waals surface area contributed by atoms with Crippen LogP contribution in [0.2, 0.25) is 5.02 Å². The van der Waals surface area contributed by atoms with Crippen LogP contribution in [0.15, 0.2) is 35.2 Å². The zero-order valence-electron chi connectivity index (χ0n) is 18.0. The third kappa shape index (κ3) is 6.18. The van der Waals surface area contributed by atoms with Crippen LogP contribution in [-0.4, -0.2) is 35.6 Å². The number of benzene rings is 2. The molecule has 14 heteroatoms. The van der Waals surface area contributed by atoms with Crippen LogP contribution in [0.1, 0.15) is 28.8 Å². The molecule has 35 heavy (non-hydrogen) atoms. The first-order valence-corrected chi connectivity index (χ1v) is 12.4. The Morgan fingerprint density at radius 1 is 1.11 bits per heavy atom. The first-order chi connectivity index (χ1) is 16.0. The molecular formula is C21H19ClF7N3O2S. The summed E-state index contributed by atoms with van der Waals surface area (Å²) in [6, 6.07) is 4.31. The highest BCUT2D eigenvalue weighted by Crippen LogP contribution is 2.41. The van der Waals surface area contributed by atoms with Gasteiger partial charge in [-0.1, -0.05) is 11.6 Å². The topological polar surface area (TPSA) is 73.3 Å². The lowest BCUT2D eigenvalue weighted by Crippen LogP contribution is -2.40. The summed E-state index contributed by atoms with van der Waals surface area (Å²) in [6.45, 7) is -0.498. The van der Waals surface area contributed by atoms with Crippen molar-refractivity contribution < 1.29 is 39.7 Å². The molecule has 192 valence electrons. The van der Waals surface area contributed by atoms with E-state index in [1.165, 1.54) is 4.90 Å². The Labute approximate surface area is 201 Å². The number of halogens is 8. The van der Waals surface area contributed by atoms with Crippen molar-refractivity contribution in [3.8, 4) is 0 Å². The van der Waals surface area contributed by atoms with Gasteiger partial charge in [-0.2, -0.15) is 26.3 Å². The zero-order chi connectivity index (χ0) is 26.3. The Hall–Kier alpha value is -2.54. The number of carbonyl (C=O) groups is 1. The second-order valence-corrected chi connectivity index (χ2v) is 10.6. The molecule has 0 spiro atoms. The minimum Gasteiger partial charge on any atom is -0.371 e. The minimum atomic E-state index is -4.88. The summed E-state index contributed by atoms with van der Waals surface area (Å²) in [6.07, 6.45) is -9.10. The molecular weight excluding hydrogens is 527 g/mol. The number of piperidine rings is 1. The second kappa shape index (κ2) is 9.49. The zero-order valence-corrected chi connectivity index (χ0v) is 19.6. The van der Waals surface area contributed by atoms with E-state index in [1.807, 2.05) is 0 Å². The smallest absolute Gasteiger partial charge is 0.371 e. The molecule has 2 N–H and O–H groups in total. The first-order valence-electron chi connectivity index (χ1n) is 10.1. The van der Waals surface area contributed by atoms with Crippen molar-refractivity contribution >= 4 is 38.6 Å². The van der Waals surface area contributed by atoms with Gasteiger partial charge in [0, 0.05) is 25.0 Å². The third-order valence-corrected chi connectivity index (χ3v) is 7.01. The lowest BCUT2D eigenvalue weighted by molar-refractivity contribution is -0.179. The Bertz CT molecular complexity index is 1240. The van der Waals surface area contributed by atoms with Crippen molar-refractivity contribution in [2.75, 3.05) is 29.6 Å². The van der Waals surface area contributed by atoms with Crippen LogP contribution < -0.4 is 10.2 Å². The van der Waals surface area contributed by atoms with E-state index >= 15 is 0 Å². The number of amides is 1. The quantitative estimate of drug-likeness (QED) is 0.427. The number of nitrogens with zero attached hydrogens (tertiary/aromatic N) is 1. The van der Waals surface area contributed by atoms with Gasteiger partial charge >= 0.3 is 12.4 Å². The molecule has 2 aromatic carbocycles. The van der Waals surface area contributed by atoms with Crippen molar-refractivity contribution in [2.45, 2.75) is 30.1 Å². The van der Waals surface area contributed by atoms with E-state index in [4.69, 9.17) is 16.4 Å². The predicted molar refractivity (Wildman–Crippen MR) is 117 cm³/mol. The lowest BCUT2D eigenvalue weighted by Gasteiger charge is -2.35. The van der Waals surface area contributed by atoms with Gasteiger partial charge in [0.05, 0.1) is 42.4 Å². The Balaban J connectivity index is 2.00. The van der Waals surface area contributed by atoms with Crippen LogP contribution in [0.4, 0.5) is 42.1 Å². The van der Waals surface area contributed by atoms with Crippen LogP contribution in [0.25, 0.3) is 0 Å². The van der Waals surface area contributed by atoms with Crippen molar-refractivity contribution in [3.63, 3.8) is 0 Å². The SMILES string of the molecule is C[S@@](=N)(=O)c1cc(NC(=O)c2cc(Cl)c(C(F)(F)F)cc2N2CCC(C(F)(F)F)CC2)ccc1F. The normalized spacial score (nSPS) is 17.2. The molecule has 1 amide bonds. The maximum absolute atomic E-state index is 13.9. The highest BCUT2D eigenvalue weighted by molar-refractivity contribution is 7.91. The number of nitrogens with one attached hydrogen (secondary N) is 2. The molecule has 1 atom stereocenters. The highest BCUT2D eigenvalue weighted by Gasteiger charge is 2.42. The summed E-state index contributed by atoms with van der Waals surface area (Å²) in [5.41, 5.74) is -1.96. The molecule has 2 aromatic rings. The average molecular weight is 546 g/mol. The van der Waals surface area contributed by atoms with E-state index in [1.54, 1.807) is 0 Å². The molecule has 1 fully saturated rings. The number of alkyl halides is 6. The molecule has 1 aliphatic rings. The van der Waals surface area contributed by atoms with Crippen LogP contribution in [0.5, 0.6) is 0 Å². The number of hydrogen-bond donors (Lipinski definition) is 2. The second-order valence-electron chi connectivity index (χ2n) is 8.09. The van der Waals surface area contributed by atoms with E-state index in [9.17, 15) is 39.7 Å². The molecule has 0 unspecified atom stereocenters. The molecule has 0 aliphatic carbocycles. The van der Waals surface area contributed by atoms with E-state index in [-0.39, 0.29) is 42.9 Å². The first kappa shape index (κ1) is 27.1. The number of rotatable bonds is 4. The average Bonchev–Trinajstić information content (AvgIpc) is 2.72. The molecule has 1 heterocycles. The highest BCUT2D eigenvalue weighted by atomic mass is 35.5. The fraction of sp³-hybridized carbons (Fsp3) is 0.381. The van der Waals surface area contributed by atoms with E-state index in [0.29, 0.717) is 6.07 Å². The summed E-state index contributed by atoms with van der Waals surface area (Å²) in [5, 5.41) is 1.54.